The van der Waals surface area contributed by atoms with E-state index in [1.54, 1.807) is 9.80 Å². The lowest BCUT2D eigenvalue weighted by Crippen LogP contribution is -2.48. The zero-order valence-corrected chi connectivity index (χ0v) is 20.0. The summed E-state index contributed by atoms with van der Waals surface area (Å²) in [6.07, 6.45) is -2.61. The number of aliphatic hydroxyl groups is 1. The number of hydrogen-bond acceptors (Lipinski definition) is 7. The molecule has 0 bridgehead atoms. The third-order valence-electron chi connectivity index (χ3n) is 6.94. The second-order valence-electron chi connectivity index (χ2n) is 9.61. The van der Waals surface area contributed by atoms with E-state index in [0.29, 0.717) is 43.6 Å². The second-order valence-corrected chi connectivity index (χ2v) is 9.61. The number of halogens is 5. The van der Waals surface area contributed by atoms with Crippen LogP contribution in [0.15, 0.2) is 30.7 Å². The lowest BCUT2D eigenvalue weighted by atomic mass is 9.88. The molecule has 0 radical (unpaired) electrons. The molecule has 1 aliphatic carbocycles. The number of β-amino-alcohol motifs (C(OH)–C–C–N with tert-alkyl or cyclic N) is 1. The molecule has 4 N–H and O–H groups in total. The maximum Gasteiger partial charge on any atom is 0.416 e. The molecule has 1 aliphatic heterocycles. The Bertz CT molecular complexity index is 1100. The molecule has 1 aromatic heterocycles. The predicted octanol–water partition coefficient (Wildman–Crippen LogP) is 2.72. The Balaban J connectivity index is 1.50. The highest BCUT2D eigenvalue weighted by molar-refractivity contribution is 5.75. The van der Waals surface area contributed by atoms with Crippen LogP contribution in [0.25, 0.3) is 0 Å². The standard InChI is InChI=1S/C24H29F5N6O2/c25-17-6-18(7-17)35(10-15-1-2-16(5-19(15)26)24(27,28)29)20-9-31-13-33-23(20)32-8-14-3-4-34(11-21(14)36)12-22(30)37/h1-2,5,9,13-14,17-18,21,36H,3-4,6-8,10-12H2,(H2,30,37)(H,31,32,33)/t14-,17?,18?,21+/m1/s1. The van der Waals surface area contributed by atoms with Gasteiger partial charge >= 0.3 is 6.18 Å². The minimum absolute atomic E-state index is 0.0300. The normalized spacial score (nSPS) is 24.4. The van der Waals surface area contributed by atoms with Crippen molar-refractivity contribution in [1.29, 1.82) is 0 Å². The average molecular weight is 529 g/mol. The number of nitrogens with zero attached hydrogens (tertiary/aromatic N) is 4. The summed E-state index contributed by atoms with van der Waals surface area (Å²) >= 11 is 0. The Kier molecular flexibility index (Phi) is 8.12. The van der Waals surface area contributed by atoms with Crippen LogP contribution in [-0.2, 0) is 17.5 Å². The molecule has 2 aromatic rings. The molecule has 2 aliphatic rings. The summed E-state index contributed by atoms with van der Waals surface area (Å²) in [5.41, 5.74) is 4.64. The first-order valence-corrected chi connectivity index (χ1v) is 12.0. The van der Waals surface area contributed by atoms with Gasteiger partial charge in [-0.25, -0.2) is 18.7 Å². The Labute approximate surface area is 210 Å². The molecular formula is C24H29F5N6O2. The number of likely N-dealkylation sites (tertiary alicyclic amines) is 1. The third-order valence-corrected chi connectivity index (χ3v) is 6.94. The topological polar surface area (TPSA) is 108 Å². The molecule has 1 saturated heterocycles. The highest BCUT2D eigenvalue weighted by Crippen LogP contribution is 2.37. The van der Waals surface area contributed by atoms with Crippen LogP contribution in [0.3, 0.4) is 0 Å². The van der Waals surface area contributed by atoms with Gasteiger partial charge in [-0.3, -0.25) is 9.69 Å². The van der Waals surface area contributed by atoms with Crippen molar-refractivity contribution in [3.05, 3.63) is 47.7 Å². The van der Waals surface area contributed by atoms with E-state index in [0.717, 1.165) is 12.1 Å². The summed E-state index contributed by atoms with van der Waals surface area (Å²) in [7, 11) is 0. The van der Waals surface area contributed by atoms with E-state index in [2.05, 4.69) is 15.3 Å². The summed E-state index contributed by atoms with van der Waals surface area (Å²) in [6, 6.07) is 2.05. The lowest BCUT2D eigenvalue weighted by Gasteiger charge is -2.41. The summed E-state index contributed by atoms with van der Waals surface area (Å²) in [6.45, 7) is 1.19. The van der Waals surface area contributed by atoms with Crippen molar-refractivity contribution in [1.82, 2.24) is 14.9 Å². The van der Waals surface area contributed by atoms with E-state index in [1.165, 1.54) is 12.5 Å². The van der Waals surface area contributed by atoms with Crippen LogP contribution < -0.4 is 16.0 Å². The van der Waals surface area contributed by atoms with Gasteiger partial charge in [0.1, 0.15) is 18.3 Å². The Morgan fingerprint density at radius 1 is 1.30 bits per heavy atom. The SMILES string of the molecule is NC(=O)CN1CC[C@H](CNc2ncncc2N(Cc2ccc(C(F)(F)F)cc2F)C2CC(F)C2)[C@@H](O)C1. The molecule has 8 nitrogen and oxygen atoms in total. The average Bonchev–Trinajstić information content (AvgIpc) is 2.80. The maximum absolute atomic E-state index is 14.7. The number of nitrogens with one attached hydrogen (secondary N) is 1. The number of alkyl halides is 4. The summed E-state index contributed by atoms with van der Waals surface area (Å²) in [5, 5.41) is 13.7. The van der Waals surface area contributed by atoms with Crippen molar-refractivity contribution in [3.8, 4) is 0 Å². The van der Waals surface area contributed by atoms with Crippen LogP contribution in [0, 0.1) is 11.7 Å². The molecule has 1 saturated carbocycles. The van der Waals surface area contributed by atoms with Crippen molar-refractivity contribution in [2.24, 2.45) is 11.7 Å². The summed E-state index contributed by atoms with van der Waals surface area (Å²) in [5.74, 6) is -1.23. The van der Waals surface area contributed by atoms with Crippen molar-refractivity contribution < 1.29 is 31.9 Å². The van der Waals surface area contributed by atoms with E-state index in [9.17, 15) is 31.9 Å². The Morgan fingerprint density at radius 3 is 2.68 bits per heavy atom. The van der Waals surface area contributed by atoms with Gasteiger partial charge in [0.2, 0.25) is 5.91 Å². The highest BCUT2D eigenvalue weighted by atomic mass is 19.4. The fourth-order valence-corrected chi connectivity index (χ4v) is 4.77. The summed E-state index contributed by atoms with van der Waals surface area (Å²) < 4.78 is 67.3. The number of benzene rings is 1. The van der Waals surface area contributed by atoms with Gasteiger partial charge in [0.05, 0.1) is 30.1 Å². The van der Waals surface area contributed by atoms with Crippen molar-refractivity contribution in [2.45, 2.75) is 50.3 Å². The molecule has 202 valence electrons. The van der Waals surface area contributed by atoms with Gasteiger partial charge in [-0.2, -0.15) is 13.2 Å². The first-order chi connectivity index (χ1) is 17.5. The van der Waals surface area contributed by atoms with Gasteiger partial charge in [-0.1, -0.05) is 6.07 Å². The molecule has 4 rings (SSSR count). The van der Waals surface area contributed by atoms with Crippen molar-refractivity contribution in [3.63, 3.8) is 0 Å². The fourth-order valence-electron chi connectivity index (χ4n) is 4.77. The van der Waals surface area contributed by atoms with Crippen LogP contribution >= 0.6 is 0 Å². The van der Waals surface area contributed by atoms with Gasteiger partial charge < -0.3 is 21.1 Å². The van der Waals surface area contributed by atoms with Gasteiger partial charge in [0.15, 0.2) is 5.82 Å². The molecule has 2 heterocycles. The first kappa shape index (κ1) is 27.0. The van der Waals surface area contributed by atoms with Gasteiger partial charge in [-0.15, -0.1) is 0 Å². The molecule has 37 heavy (non-hydrogen) atoms. The minimum atomic E-state index is -4.67. The van der Waals surface area contributed by atoms with E-state index in [-0.39, 0.29) is 43.5 Å². The van der Waals surface area contributed by atoms with Crippen molar-refractivity contribution in [2.75, 3.05) is 36.4 Å². The summed E-state index contributed by atoms with van der Waals surface area (Å²) in [4.78, 5) is 23.0. The minimum Gasteiger partial charge on any atom is -0.391 e. The zero-order valence-electron chi connectivity index (χ0n) is 20.0. The third kappa shape index (κ3) is 6.63. The maximum atomic E-state index is 14.7. The lowest BCUT2D eigenvalue weighted by molar-refractivity contribution is -0.137. The molecule has 1 aromatic carbocycles. The predicted molar refractivity (Wildman–Crippen MR) is 126 cm³/mol. The fraction of sp³-hybridized carbons (Fsp3) is 0.542. The second kappa shape index (κ2) is 11.1. The van der Waals surface area contributed by atoms with Gasteiger partial charge in [0.25, 0.3) is 0 Å². The smallest absolute Gasteiger partial charge is 0.391 e. The first-order valence-electron chi connectivity index (χ1n) is 12.0. The number of hydrogen-bond donors (Lipinski definition) is 3. The number of aromatic nitrogens is 2. The number of amides is 1. The Morgan fingerprint density at radius 2 is 2.05 bits per heavy atom. The van der Waals surface area contributed by atoms with Gasteiger partial charge in [0, 0.05) is 37.2 Å². The van der Waals surface area contributed by atoms with Crippen LogP contribution in [0.1, 0.15) is 30.4 Å². The van der Waals surface area contributed by atoms with Crippen LogP contribution in [0.2, 0.25) is 0 Å². The number of nitrogens with two attached hydrogens (primary N) is 1. The molecule has 13 heteroatoms. The van der Waals surface area contributed by atoms with Gasteiger partial charge in [-0.05, 0) is 37.9 Å². The van der Waals surface area contributed by atoms with E-state index in [1.807, 2.05) is 0 Å². The van der Waals surface area contributed by atoms with Crippen LogP contribution in [-0.4, -0.2) is 70.4 Å². The highest BCUT2D eigenvalue weighted by Gasteiger charge is 2.37. The number of anilines is 2. The number of primary amides is 1. The number of carbonyl (C=O) groups excluding carboxylic acids is 1. The van der Waals surface area contributed by atoms with E-state index >= 15 is 0 Å². The van der Waals surface area contributed by atoms with Crippen molar-refractivity contribution >= 4 is 17.4 Å². The molecular weight excluding hydrogens is 499 g/mol. The largest absolute Gasteiger partial charge is 0.416 e. The molecule has 1 amide bonds. The molecule has 0 unspecified atom stereocenters. The van der Waals surface area contributed by atoms with Crippen LogP contribution in [0.4, 0.5) is 33.5 Å². The molecule has 0 spiro atoms. The number of carbonyl (C=O) groups is 1. The number of rotatable bonds is 9. The molecule has 2 fully saturated rings. The van der Waals surface area contributed by atoms with Crippen LogP contribution in [0.5, 0.6) is 0 Å². The van der Waals surface area contributed by atoms with E-state index < -0.39 is 35.7 Å². The number of aliphatic hydroxyl groups excluding tert-OH is 1. The van der Waals surface area contributed by atoms with E-state index in [4.69, 9.17) is 5.73 Å². The zero-order chi connectivity index (χ0) is 26.7. The molecule has 2 atom stereocenters. The number of piperidine rings is 1. The Hall–Kier alpha value is -3.06. The quantitative estimate of drug-likeness (QED) is 0.430. The monoisotopic (exact) mass is 528 g/mol.